The molecule has 0 aromatic rings. The van der Waals surface area contributed by atoms with Crippen molar-refractivity contribution >= 4 is 5.91 Å². The number of hydrogen-bond acceptors (Lipinski definition) is 3. The zero-order chi connectivity index (χ0) is 14.7. The largest absolute Gasteiger partial charge is 0.381 e. The van der Waals surface area contributed by atoms with Crippen LogP contribution < -0.4 is 11.1 Å². The molecule has 0 heterocycles. The maximum atomic E-state index is 11.4. The number of hydrogen-bond donors (Lipinski definition) is 2. The van der Waals surface area contributed by atoms with Crippen LogP contribution >= 0.6 is 0 Å². The van der Waals surface area contributed by atoms with Crippen LogP contribution in [0.15, 0.2) is 0 Å². The molecule has 0 aromatic carbocycles. The van der Waals surface area contributed by atoms with Gasteiger partial charge in [0.25, 0.3) is 0 Å². The van der Waals surface area contributed by atoms with Crippen molar-refractivity contribution < 1.29 is 9.53 Å². The van der Waals surface area contributed by atoms with Crippen LogP contribution in [0.4, 0.5) is 0 Å². The summed E-state index contributed by atoms with van der Waals surface area (Å²) in [7, 11) is 0. The summed E-state index contributed by atoms with van der Waals surface area (Å²) in [5.74, 6) is 0.479. The molecular weight excluding hydrogens is 240 g/mol. The summed E-state index contributed by atoms with van der Waals surface area (Å²) in [6, 6.07) is 0. The molecule has 114 valence electrons. The maximum Gasteiger partial charge on any atom is 0.237 e. The fraction of sp³-hybridized carbons (Fsp3) is 0.933. The molecule has 0 spiro atoms. The number of rotatable bonds is 12. The molecule has 1 amide bonds. The van der Waals surface area contributed by atoms with E-state index in [0.29, 0.717) is 0 Å². The summed E-state index contributed by atoms with van der Waals surface area (Å²) >= 11 is 0. The molecule has 1 atom stereocenters. The van der Waals surface area contributed by atoms with Crippen LogP contribution in [0.25, 0.3) is 0 Å². The SMILES string of the molecule is CCNC(C)(CCCCOCCCC(C)C)C(N)=O. The van der Waals surface area contributed by atoms with Crippen LogP contribution in [-0.2, 0) is 9.53 Å². The maximum absolute atomic E-state index is 11.4. The predicted molar refractivity (Wildman–Crippen MR) is 80.0 cm³/mol. The van der Waals surface area contributed by atoms with Crippen molar-refractivity contribution in [3.63, 3.8) is 0 Å². The van der Waals surface area contributed by atoms with Crippen molar-refractivity contribution in [1.82, 2.24) is 5.32 Å². The minimum atomic E-state index is -0.577. The molecule has 4 nitrogen and oxygen atoms in total. The lowest BCUT2D eigenvalue weighted by molar-refractivity contribution is -0.124. The molecule has 1 unspecified atom stereocenters. The van der Waals surface area contributed by atoms with Crippen LogP contribution in [0.2, 0.25) is 0 Å². The molecule has 0 rings (SSSR count). The van der Waals surface area contributed by atoms with Gasteiger partial charge < -0.3 is 15.8 Å². The third kappa shape index (κ3) is 9.00. The zero-order valence-electron chi connectivity index (χ0n) is 13.1. The van der Waals surface area contributed by atoms with Gasteiger partial charge in [0.15, 0.2) is 0 Å². The van der Waals surface area contributed by atoms with Crippen LogP contribution in [0, 0.1) is 5.92 Å². The molecule has 0 aromatic heterocycles. The normalized spacial score (nSPS) is 14.6. The fourth-order valence-electron chi connectivity index (χ4n) is 2.07. The van der Waals surface area contributed by atoms with Gasteiger partial charge >= 0.3 is 0 Å². The van der Waals surface area contributed by atoms with Crippen LogP contribution in [0.5, 0.6) is 0 Å². The Morgan fingerprint density at radius 1 is 1.26 bits per heavy atom. The zero-order valence-corrected chi connectivity index (χ0v) is 13.1. The van der Waals surface area contributed by atoms with Crippen LogP contribution in [0.1, 0.15) is 59.8 Å². The van der Waals surface area contributed by atoms with Gasteiger partial charge in [-0.25, -0.2) is 0 Å². The van der Waals surface area contributed by atoms with E-state index in [1.807, 2.05) is 13.8 Å². The van der Waals surface area contributed by atoms with Gasteiger partial charge in [-0.3, -0.25) is 4.79 Å². The first-order chi connectivity index (χ1) is 8.92. The topological polar surface area (TPSA) is 64.3 Å². The monoisotopic (exact) mass is 272 g/mol. The van der Waals surface area contributed by atoms with Crippen LogP contribution in [-0.4, -0.2) is 31.2 Å². The quantitative estimate of drug-likeness (QED) is 0.536. The molecule has 0 aliphatic heterocycles. The number of likely N-dealkylation sites (N-methyl/N-ethyl adjacent to an activating group) is 1. The summed E-state index contributed by atoms with van der Waals surface area (Å²) in [5, 5.41) is 3.17. The fourth-order valence-corrected chi connectivity index (χ4v) is 2.07. The van der Waals surface area contributed by atoms with Crippen molar-refractivity contribution in [2.45, 2.75) is 65.3 Å². The standard InChI is InChI=1S/C15H32N2O2/c1-5-17-15(4,14(16)18)10-6-7-11-19-12-8-9-13(2)3/h13,17H,5-12H2,1-4H3,(H2,16,18). The first kappa shape index (κ1) is 18.4. The van der Waals surface area contributed by atoms with Crippen molar-refractivity contribution in [1.29, 1.82) is 0 Å². The summed E-state index contributed by atoms with van der Waals surface area (Å²) in [6.45, 7) is 10.7. The molecule has 0 saturated carbocycles. The first-order valence-electron chi connectivity index (χ1n) is 7.55. The highest BCUT2D eigenvalue weighted by Crippen LogP contribution is 2.13. The van der Waals surface area contributed by atoms with Gasteiger partial charge in [-0.15, -0.1) is 0 Å². The van der Waals surface area contributed by atoms with Gasteiger partial charge in [0.05, 0.1) is 5.54 Å². The van der Waals surface area contributed by atoms with Crippen LogP contribution in [0.3, 0.4) is 0 Å². The van der Waals surface area contributed by atoms with Crippen molar-refractivity contribution in [2.75, 3.05) is 19.8 Å². The van der Waals surface area contributed by atoms with E-state index in [-0.39, 0.29) is 5.91 Å². The summed E-state index contributed by atoms with van der Waals surface area (Å²) in [5.41, 5.74) is 4.86. The molecule has 4 heteroatoms. The Morgan fingerprint density at radius 3 is 2.42 bits per heavy atom. The second kappa shape index (κ2) is 10.2. The van der Waals surface area contributed by atoms with Gasteiger partial charge in [-0.1, -0.05) is 20.8 Å². The lowest BCUT2D eigenvalue weighted by Gasteiger charge is -2.26. The van der Waals surface area contributed by atoms with Gasteiger partial charge in [-0.2, -0.15) is 0 Å². The average molecular weight is 272 g/mol. The van der Waals surface area contributed by atoms with E-state index in [1.54, 1.807) is 0 Å². The highest BCUT2D eigenvalue weighted by Gasteiger charge is 2.28. The summed E-state index contributed by atoms with van der Waals surface area (Å²) in [6.07, 6.45) is 5.06. The van der Waals surface area contributed by atoms with Gasteiger partial charge in [0.2, 0.25) is 5.91 Å². The second-order valence-electron chi connectivity index (χ2n) is 5.83. The lowest BCUT2D eigenvalue weighted by atomic mass is 9.94. The Balaban J connectivity index is 3.59. The van der Waals surface area contributed by atoms with E-state index < -0.39 is 5.54 Å². The van der Waals surface area contributed by atoms with E-state index in [1.165, 1.54) is 6.42 Å². The van der Waals surface area contributed by atoms with E-state index >= 15 is 0 Å². The Bertz CT molecular complexity index is 244. The molecule has 0 radical (unpaired) electrons. The Hall–Kier alpha value is -0.610. The van der Waals surface area contributed by atoms with Gasteiger partial charge in [0, 0.05) is 13.2 Å². The average Bonchev–Trinajstić information content (AvgIpc) is 2.32. The number of carbonyl (C=O) groups excluding carboxylic acids is 1. The summed E-state index contributed by atoms with van der Waals surface area (Å²) in [4.78, 5) is 11.4. The van der Waals surface area contributed by atoms with E-state index in [4.69, 9.17) is 10.5 Å². The van der Waals surface area contributed by atoms with Gasteiger partial charge in [0.1, 0.15) is 0 Å². The summed E-state index contributed by atoms with van der Waals surface area (Å²) < 4.78 is 5.58. The lowest BCUT2D eigenvalue weighted by Crippen LogP contribution is -2.52. The third-order valence-corrected chi connectivity index (χ3v) is 3.40. The van der Waals surface area contributed by atoms with Gasteiger partial charge in [-0.05, 0) is 51.5 Å². The highest BCUT2D eigenvalue weighted by atomic mass is 16.5. The minimum Gasteiger partial charge on any atom is -0.381 e. The number of ether oxygens (including phenoxy) is 1. The highest BCUT2D eigenvalue weighted by molar-refractivity contribution is 5.84. The molecule has 0 fully saturated rings. The number of primary amides is 1. The van der Waals surface area contributed by atoms with E-state index in [0.717, 1.165) is 51.4 Å². The first-order valence-corrected chi connectivity index (χ1v) is 7.55. The Morgan fingerprint density at radius 2 is 1.89 bits per heavy atom. The molecule has 19 heavy (non-hydrogen) atoms. The smallest absolute Gasteiger partial charge is 0.237 e. The number of nitrogens with two attached hydrogens (primary N) is 1. The molecule has 0 bridgehead atoms. The molecule has 0 saturated heterocycles. The van der Waals surface area contributed by atoms with Crippen molar-refractivity contribution in [2.24, 2.45) is 11.7 Å². The minimum absolute atomic E-state index is 0.271. The van der Waals surface area contributed by atoms with E-state index in [2.05, 4.69) is 19.2 Å². The Kier molecular flexibility index (Phi) is 9.88. The second-order valence-corrected chi connectivity index (χ2v) is 5.83. The number of nitrogens with one attached hydrogen (secondary N) is 1. The molecule has 3 N–H and O–H groups in total. The molecular formula is C15H32N2O2. The Labute approximate surface area is 118 Å². The number of carbonyl (C=O) groups is 1. The number of amides is 1. The third-order valence-electron chi connectivity index (χ3n) is 3.40. The number of unbranched alkanes of at least 4 members (excludes halogenated alkanes) is 1. The van der Waals surface area contributed by atoms with Crippen molar-refractivity contribution in [3.05, 3.63) is 0 Å². The molecule has 0 aliphatic carbocycles. The van der Waals surface area contributed by atoms with E-state index in [9.17, 15) is 4.79 Å². The predicted octanol–water partition coefficient (Wildman–Crippen LogP) is 2.46. The molecule has 0 aliphatic rings. The van der Waals surface area contributed by atoms with Crippen molar-refractivity contribution in [3.8, 4) is 0 Å².